The maximum Gasteiger partial charge on any atom is 0.206 e. The van der Waals surface area contributed by atoms with Crippen LogP contribution in [0, 0.1) is 0 Å². The summed E-state index contributed by atoms with van der Waals surface area (Å²) in [6.07, 6.45) is 0. The highest BCUT2D eigenvalue weighted by molar-refractivity contribution is 7.91. The summed E-state index contributed by atoms with van der Waals surface area (Å²) in [4.78, 5) is 0.790. The van der Waals surface area contributed by atoms with Crippen LogP contribution in [0.1, 0.15) is 0 Å². The Labute approximate surface area is 368 Å². The van der Waals surface area contributed by atoms with E-state index >= 15 is 0 Å². The molecule has 0 aliphatic carbocycles. The number of phenols is 3. The van der Waals surface area contributed by atoms with Crippen molar-refractivity contribution in [2.75, 3.05) is 0 Å². The summed E-state index contributed by atoms with van der Waals surface area (Å²) in [5.41, 5.74) is 4.01. The number of ether oxygens (including phenoxy) is 1. The molecule has 308 valence electrons. The van der Waals surface area contributed by atoms with Gasteiger partial charge in [-0.1, -0.05) is 83.3 Å². The van der Waals surface area contributed by atoms with Crippen molar-refractivity contribution in [3.05, 3.63) is 209 Å². The van der Waals surface area contributed by atoms with E-state index in [0.29, 0.717) is 26.6 Å². The summed E-state index contributed by atoms with van der Waals surface area (Å²) < 4.78 is 55.6. The first-order chi connectivity index (χ1) is 29.2. The van der Waals surface area contributed by atoms with Crippen molar-refractivity contribution in [3.63, 3.8) is 0 Å². The van der Waals surface area contributed by atoms with E-state index in [-0.39, 0.29) is 36.8 Å². The fourth-order valence-electron chi connectivity index (χ4n) is 5.61. The van der Waals surface area contributed by atoms with Crippen LogP contribution in [0.2, 0.25) is 15.1 Å². The third-order valence-corrected chi connectivity index (χ3v) is 13.2. The lowest BCUT2D eigenvalue weighted by molar-refractivity contribution is 0.474. The predicted octanol–water partition coefficient (Wildman–Crippen LogP) is 12.9. The Morgan fingerprint density at radius 2 is 0.492 bits per heavy atom. The Morgan fingerprint density at radius 3 is 0.738 bits per heavy atom. The molecule has 0 saturated carbocycles. The molecule has 0 amide bonds. The molecule has 0 bridgehead atoms. The summed E-state index contributed by atoms with van der Waals surface area (Å²) in [7, 11) is -7.11. The van der Waals surface area contributed by atoms with E-state index in [1.54, 1.807) is 84.9 Å². The van der Waals surface area contributed by atoms with Gasteiger partial charge in [0, 0.05) is 15.1 Å². The molecule has 0 heterocycles. The zero-order chi connectivity index (χ0) is 43.6. The number of aromatic hydroxyl groups is 3. The Balaban J connectivity index is 0.000000169. The van der Waals surface area contributed by atoms with Crippen LogP contribution in [0.3, 0.4) is 0 Å². The van der Waals surface area contributed by atoms with Gasteiger partial charge >= 0.3 is 0 Å². The highest BCUT2D eigenvalue weighted by atomic mass is 35.5. The van der Waals surface area contributed by atoms with Gasteiger partial charge in [0.2, 0.25) is 19.7 Å². The molecule has 8 aromatic rings. The van der Waals surface area contributed by atoms with Crippen LogP contribution >= 0.6 is 34.8 Å². The SMILES string of the molecule is O=S(=O)(c1ccc(Cl)cc1)c1ccc(Cl)cc1.O=S(=O)(c1ccc(Cl)cc1)c1ccc(Oc2ccc(-c3ccc(O)cc3)cc2)cc1.Oc1ccc(-c2ccc(O)cc2)cc1. The molecule has 13 heteroatoms. The number of hydrogen-bond donors (Lipinski definition) is 3. The van der Waals surface area contributed by atoms with Crippen LogP contribution in [0.15, 0.2) is 214 Å². The Kier molecular flexibility index (Phi) is 14.4. The normalized spacial score (nSPS) is 11.0. The van der Waals surface area contributed by atoms with Crippen molar-refractivity contribution < 1.29 is 36.9 Å². The first-order valence-corrected chi connectivity index (χ1v) is 22.3. The summed E-state index contributed by atoms with van der Waals surface area (Å²) in [5.74, 6) is 1.90. The van der Waals surface area contributed by atoms with Crippen LogP contribution in [-0.4, -0.2) is 32.2 Å². The molecule has 8 nitrogen and oxygen atoms in total. The van der Waals surface area contributed by atoms with Crippen molar-refractivity contribution >= 4 is 54.5 Å². The predicted molar refractivity (Wildman–Crippen MR) is 241 cm³/mol. The number of sulfone groups is 2. The molecule has 0 radical (unpaired) electrons. The van der Waals surface area contributed by atoms with Gasteiger partial charge in [-0.05, 0) is 168 Å². The molecule has 8 rings (SSSR count). The second-order valence-electron chi connectivity index (χ2n) is 13.1. The van der Waals surface area contributed by atoms with Crippen LogP contribution in [0.5, 0.6) is 28.7 Å². The van der Waals surface area contributed by atoms with E-state index in [1.165, 1.54) is 48.5 Å². The van der Waals surface area contributed by atoms with Crippen LogP contribution in [0.4, 0.5) is 0 Å². The first-order valence-electron chi connectivity index (χ1n) is 18.2. The largest absolute Gasteiger partial charge is 0.508 e. The van der Waals surface area contributed by atoms with Gasteiger partial charge in [0.25, 0.3) is 0 Å². The van der Waals surface area contributed by atoms with E-state index < -0.39 is 19.7 Å². The number of phenolic OH excluding ortho intramolecular Hbond substituents is 3. The lowest BCUT2D eigenvalue weighted by atomic mass is 10.1. The first kappa shape index (κ1) is 44.3. The van der Waals surface area contributed by atoms with Crippen LogP contribution in [-0.2, 0) is 19.7 Å². The van der Waals surface area contributed by atoms with E-state index in [9.17, 15) is 21.9 Å². The average Bonchev–Trinajstić information content (AvgIpc) is 3.26. The molecule has 8 aromatic carbocycles. The summed E-state index contributed by atoms with van der Waals surface area (Å²) in [6, 6.07) is 52.8. The Morgan fingerprint density at radius 1 is 0.295 bits per heavy atom. The van der Waals surface area contributed by atoms with Gasteiger partial charge < -0.3 is 20.1 Å². The minimum Gasteiger partial charge on any atom is -0.508 e. The topological polar surface area (TPSA) is 138 Å². The summed E-state index contributed by atoms with van der Waals surface area (Å²) >= 11 is 17.3. The molecule has 0 aromatic heterocycles. The number of hydrogen-bond acceptors (Lipinski definition) is 8. The molecular formula is C48H35Cl3O8S2. The summed E-state index contributed by atoms with van der Waals surface area (Å²) in [5, 5.41) is 29.1. The molecule has 0 fully saturated rings. The third-order valence-electron chi connectivity index (χ3n) is 8.86. The van der Waals surface area contributed by atoms with Gasteiger partial charge in [0.15, 0.2) is 0 Å². The van der Waals surface area contributed by atoms with Gasteiger partial charge in [-0.25, -0.2) is 16.8 Å². The second-order valence-corrected chi connectivity index (χ2v) is 18.3. The smallest absolute Gasteiger partial charge is 0.206 e. The van der Waals surface area contributed by atoms with Crippen molar-refractivity contribution in [2.45, 2.75) is 19.6 Å². The quantitative estimate of drug-likeness (QED) is 0.137. The summed E-state index contributed by atoms with van der Waals surface area (Å²) in [6.45, 7) is 0. The zero-order valence-electron chi connectivity index (χ0n) is 31.8. The Bertz CT molecular complexity index is 2800. The maximum absolute atomic E-state index is 12.7. The van der Waals surface area contributed by atoms with Crippen molar-refractivity contribution in [2.24, 2.45) is 0 Å². The maximum atomic E-state index is 12.7. The third kappa shape index (κ3) is 11.9. The molecule has 0 aliphatic heterocycles. The molecule has 0 saturated heterocycles. The number of benzene rings is 8. The van der Waals surface area contributed by atoms with Crippen molar-refractivity contribution in [1.82, 2.24) is 0 Å². The van der Waals surface area contributed by atoms with E-state index in [1.807, 2.05) is 60.7 Å². The van der Waals surface area contributed by atoms with E-state index in [4.69, 9.17) is 49.8 Å². The second kappa shape index (κ2) is 19.9. The van der Waals surface area contributed by atoms with Crippen molar-refractivity contribution in [3.8, 4) is 51.0 Å². The fraction of sp³-hybridized carbons (Fsp3) is 0. The van der Waals surface area contributed by atoms with Crippen LogP contribution in [0.25, 0.3) is 22.3 Å². The molecule has 0 spiro atoms. The van der Waals surface area contributed by atoms with Gasteiger partial charge in [-0.3, -0.25) is 0 Å². The van der Waals surface area contributed by atoms with E-state index in [2.05, 4.69) is 0 Å². The molecular weight excluding hydrogens is 875 g/mol. The van der Waals surface area contributed by atoms with Crippen molar-refractivity contribution in [1.29, 1.82) is 0 Å². The van der Waals surface area contributed by atoms with Gasteiger partial charge in [0.05, 0.1) is 19.6 Å². The van der Waals surface area contributed by atoms with Gasteiger partial charge in [-0.15, -0.1) is 0 Å². The highest BCUT2D eigenvalue weighted by Crippen LogP contribution is 2.30. The number of halogens is 3. The van der Waals surface area contributed by atoms with Gasteiger partial charge in [0.1, 0.15) is 28.7 Å². The van der Waals surface area contributed by atoms with Gasteiger partial charge in [-0.2, -0.15) is 0 Å². The molecule has 0 aliphatic rings. The van der Waals surface area contributed by atoms with Crippen LogP contribution < -0.4 is 4.74 Å². The lowest BCUT2D eigenvalue weighted by Gasteiger charge is -2.09. The highest BCUT2D eigenvalue weighted by Gasteiger charge is 2.18. The molecule has 0 atom stereocenters. The van der Waals surface area contributed by atoms with E-state index in [0.717, 1.165) is 22.3 Å². The Hall–Kier alpha value is -6.27. The molecule has 0 unspecified atom stereocenters. The molecule has 3 N–H and O–H groups in total. The molecule has 61 heavy (non-hydrogen) atoms. The number of rotatable bonds is 8. The fourth-order valence-corrected chi connectivity index (χ4v) is 8.51. The lowest BCUT2D eigenvalue weighted by Crippen LogP contribution is -2.01. The average molecular weight is 910 g/mol. The minimum absolute atomic E-state index is 0.180. The zero-order valence-corrected chi connectivity index (χ0v) is 35.7. The standard InChI is InChI=1S/C24H17ClO4S.C12H8Cl2O2S.C12H10O2/c25-19-5-13-23(14-6-19)30(27,28)24-15-11-22(12-16-24)29-21-9-3-18(4-10-21)17-1-7-20(26)8-2-17;13-9-1-5-11(6-2-9)17(15,16)12-7-3-10(14)4-8-12;13-11-5-1-9(2-6-11)10-3-7-12(14)8-4-10/h1-16,26H;1-8H;1-8,13-14H. The minimum atomic E-state index is -3.62. The monoisotopic (exact) mass is 908 g/mol.